The highest BCUT2D eigenvalue weighted by atomic mass is 16.3. The number of carbonyl (C=O) groups is 2. The second kappa shape index (κ2) is 10.6. The highest BCUT2D eigenvalue weighted by Gasteiger charge is 2.23. The molecule has 2 aromatic heterocycles. The minimum Gasteiger partial charge on any atom is -0.508 e. The standard InChI is InChI=1S/C32H31N5O3/c1-32(2,3)37-29(18-27(36-37)26-17-23-6-4-5-7-24(23)19-34-26)21-10-12-22(13-11-21)31(40)35-28(30(33)39)16-20-8-14-25(38)15-9-20/h4-15,17-19,28,38H,16H2,1-3H3,(H2,33,39)(H,35,40). The zero-order valence-corrected chi connectivity index (χ0v) is 22.6. The number of nitrogens with one attached hydrogen (secondary N) is 1. The molecule has 202 valence electrons. The Hall–Kier alpha value is -4.98. The Kier molecular flexibility index (Phi) is 7.09. The van der Waals surface area contributed by atoms with Gasteiger partial charge in [-0.15, -0.1) is 0 Å². The molecule has 0 aliphatic carbocycles. The van der Waals surface area contributed by atoms with Crippen molar-refractivity contribution >= 4 is 22.6 Å². The number of carbonyl (C=O) groups excluding carboxylic acids is 2. The lowest BCUT2D eigenvalue weighted by Gasteiger charge is -2.22. The Morgan fingerprint density at radius 1 is 0.925 bits per heavy atom. The van der Waals surface area contributed by atoms with Crippen molar-refractivity contribution < 1.29 is 14.7 Å². The van der Waals surface area contributed by atoms with Crippen LogP contribution in [0.25, 0.3) is 33.4 Å². The Balaban J connectivity index is 1.40. The Morgan fingerprint density at radius 3 is 2.25 bits per heavy atom. The predicted octanol–water partition coefficient (Wildman–Crippen LogP) is 5.05. The van der Waals surface area contributed by atoms with Gasteiger partial charge in [-0.3, -0.25) is 19.3 Å². The summed E-state index contributed by atoms with van der Waals surface area (Å²) in [4.78, 5) is 29.7. The molecular weight excluding hydrogens is 502 g/mol. The number of hydrogen-bond acceptors (Lipinski definition) is 5. The highest BCUT2D eigenvalue weighted by Crippen LogP contribution is 2.31. The van der Waals surface area contributed by atoms with Gasteiger partial charge in [-0.1, -0.05) is 48.5 Å². The second-order valence-corrected chi connectivity index (χ2v) is 10.8. The van der Waals surface area contributed by atoms with Gasteiger partial charge in [0.2, 0.25) is 5.91 Å². The van der Waals surface area contributed by atoms with Gasteiger partial charge >= 0.3 is 0 Å². The van der Waals surface area contributed by atoms with Gasteiger partial charge in [0.15, 0.2) is 0 Å². The van der Waals surface area contributed by atoms with Crippen molar-refractivity contribution in [1.29, 1.82) is 0 Å². The number of nitrogens with two attached hydrogens (primary N) is 1. The predicted molar refractivity (Wildman–Crippen MR) is 156 cm³/mol. The zero-order valence-electron chi connectivity index (χ0n) is 22.6. The molecule has 8 nitrogen and oxygen atoms in total. The first-order valence-corrected chi connectivity index (χ1v) is 13.0. The number of primary amides is 1. The lowest BCUT2D eigenvalue weighted by molar-refractivity contribution is -0.119. The van der Waals surface area contributed by atoms with Crippen LogP contribution in [-0.4, -0.2) is 37.7 Å². The van der Waals surface area contributed by atoms with Crippen molar-refractivity contribution in [2.75, 3.05) is 0 Å². The molecule has 0 saturated heterocycles. The third kappa shape index (κ3) is 5.71. The fourth-order valence-electron chi connectivity index (χ4n) is 4.57. The van der Waals surface area contributed by atoms with Crippen molar-refractivity contribution in [1.82, 2.24) is 20.1 Å². The van der Waals surface area contributed by atoms with Crippen LogP contribution in [0.3, 0.4) is 0 Å². The Bertz CT molecular complexity index is 1680. The van der Waals surface area contributed by atoms with E-state index in [1.807, 2.05) is 53.3 Å². The molecule has 0 saturated carbocycles. The number of rotatable bonds is 7. The summed E-state index contributed by atoms with van der Waals surface area (Å²) in [5.41, 5.74) is 9.76. The maximum absolute atomic E-state index is 13.0. The van der Waals surface area contributed by atoms with Crippen LogP contribution in [0.4, 0.5) is 0 Å². The van der Waals surface area contributed by atoms with Crippen molar-refractivity contribution in [3.05, 3.63) is 102 Å². The average molecular weight is 534 g/mol. The van der Waals surface area contributed by atoms with E-state index in [1.54, 1.807) is 24.3 Å². The minimum absolute atomic E-state index is 0.122. The monoisotopic (exact) mass is 533 g/mol. The topological polar surface area (TPSA) is 123 Å². The molecule has 4 N–H and O–H groups in total. The summed E-state index contributed by atoms with van der Waals surface area (Å²) < 4.78 is 1.97. The number of aromatic hydroxyl groups is 1. The maximum Gasteiger partial charge on any atom is 0.251 e. The lowest BCUT2D eigenvalue weighted by Crippen LogP contribution is -2.45. The van der Waals surface area contributed by atoms with Gasteiger partial charge in [0, 0.05) is 23.6 Å². The van der Waals surface area contributed by atoms with Gasteiger partial charge in [-0.2, -0.15) is 5.10 Å². The van der Waals surface area contributed by atoms with Crippen molar-refractivity contribution in [3.63, 3.8) is 0 Å². The fraction of sp³-hybridized carbons (Fsp3) is 0.188. The van der Waals surface area contributed by atoms with Crippen LogP contribution in [0.5, 0.6) is 5.75 Å². The molecule has 5 aromatic rings. The number of nitrogens with zero attached hydrogens (tertiary/aromatic N) is 3. The molecule has 8 heteroatoms. The van der Waals surface area contributed by atoms with Crippen LogP contribution in [0.15, 0.2) is 91.1 Å². The molecular formula is C32H31N5O3. The fourth-order valence-corrected chi connectivity index (χ4v) is 4.57. The summed E-state index contributed by atoms with van der Waals surface area (Å²) in [7, 11) is 0. The summed E-state index contributed by atoms with van der Waals surface area (Å²) in [6, 6.07) is 24.8. The van der Waals surface area contributed by atoms with E-state index in [2.05, 4.69) is 37.1 Å². The molecule has 2 amide bonds. The molecule has 3 aromatic carbocycles. The van der Waals surface area contributed by atoms with E-state index >= 15 is 0 Å². The lowest BCUT2D eigenvalue weighted by atomic mass is 10.0. The third-order valence-corrected chi connectivity index (χ3v) is 6.71. The van der Waals surface area contributed by atoms with Crippen molar-refractivity contribution in [2.45, 2.75) is 38.8 Å². The highest BCUT2D eigenvalue weighted by molar-refractivity contribution is 5.97. The molecule has 40 heavy (non-hydrogen) atoms. The molecule has 0 fully saturated rings. The van der Waals surface area contributed by atoms with Crippen LogP contribution in [0.2, 0.25) is 0 Å². The molecule has 0 aliphatic rings. The molecule has 0 radical (unpaired) electrons. The minimum atomic E-state index is -0.893. The van der Waals surface area contributed by atoms with Crippen molar-refractivity contribution in [2.24, 2.45) is 5.73 Å². The quantitative estimate of drug-likeness (QED) is 0.270. The third-order valence-electron chi connectivity index (χ3n) is 6.71. The van der Waals surface area contributed by atoms with E-state index in [1.165, 1.54) is 12.1 Å². The smallest absolute Gasteiger partial charge is 0.251 e. The average Bonchev–Trinajstić information content (AvgIpc) is 3.40. The zero-order chi connectivity index (χ0) is 28.4. The van der Waals surface area contributed by atoms with E-state index in [0.717, 1.165) is 39.0 Å². The molecule has 2 heterocycles. The number of hydrogen-bond donors (Lipinski definition) is 3. The van der Waals surface area contributed by atoms with E-state index in [9.17, 15) is 14.7 Å². The Labute approximate surface area is 232 Å². The number of benzene rings is 3. The number of aromatic nitrogens is 3. The van der Waals surface area contributed by atoms with E-state index in [0.29, 0.717) is 5.56 Å². The molecule has 1 atom stereocenters. The number of phenols is 1. The second-order valence-electron chi connectivity index (χ2n) is 10.8. The maximum atomic E-state index is 13.0. The molecule has 0 spiro atoms. The van der Waals surface area contributed by atoms with Crippen LogP contribution >= 0.6 is 0 Å². The van der Waals surface area contributed by atoms with Gasteiger partial charge in [-0.05, 0) is 73.7 Å². The van der Waals surface area contributed by atoms with Gasteiger partial charge in [0.05, 0.1) is 16.9 Å². The Morgan fingerprint density at radius 2 is 1.60 bits per heavy atom. The first-order chi connectivity index (χ1) is 19.1. The van der Waals surface area contributed by atoms with Crippen LogP contribution in [0.1, 0.15) is 36.7 Å². The van der Waals surface area contributed by atoms with Gasteiger partial charge in [0.25, 0.3) is 5.91 Å². The molecule has 0 bridgehead atoms. The molecule has 5 rings (SSSR count). The SMILES string of the molecule is CC(C)(C)n1nc(-c2cc3ccccc3cn2)cc1-c1ccc(C(=O)NC(Cc2ccc(O)cc2)C(N)=O)cc1. The number of pyridine rings is 1. The van der Waals surface area contributed by atoms with Crippen molar-refractivity contribution in [3.8, 4) is 28.4 Å². The first-order valence-electron chi connectivity index (χ1n) is 13.0. The normalized spacial score (nSPS) is 12.3. The summed E-state index contributed by atoms with van der Waals surface area (Å²) in [5.74, 6) is -0.918. The van der Waals surface area contributed by atoms with Crippen LogP contribution in [0, 0.1) is 0 Å². The number of phenolic OH excluding ortho intramolecular Hbond substituents is 1. The van der Waals surface area contributed by atoms with E-state index in [-0.39, 0.29) is 17.7 Å². The summed E-state index contributed by atoms with van der Waals surface area (Å²) >= 11 is 0. The van der Waals surface area contributed by atoms with Gasteiger partial charge in [0.1, 0.15) is 17.5 Å². The van der Waals surface area contributed by atoms with Gasteiger partial charge in [-0.25, -0.2) is 0 Å². The largest absolute Gasteiger partial charge is 0.508 e. The summed E-state index contributed by atoms with van der Waals surface area (Å²) in [5, 5.41) is 19.3. The van der Waals surface area contributed by atoms with E-state index < -0.39 is 17.9 Å². The van der Waals surface area contributed by atoms with Crippen LogP contribution < -0.4 is 11.1 Å². The molecule has 1 unspecified atom stereocenters. The number of amides is 2. The summed E-state index contributed by atoms with van der Waals surface area (Å²) in [6.07, 6.45) is 2.07. The summed E-state index contributed by atoms with van der Waals surface area (Å²) in [6.45, 7) is 6.25. The molecule has 0 aliphatic heterocycles. The van der Waals surface area contributed by atoms with Gasteiger partial charge < -0.3 is 16.2 Å². The number of fused-ring (bicyclic) bond motifs is 1. The van der Waals surface area contributed by atoms with Crippen LogP contribution in [-0.2, 0) is 16.8 Å². The van der Waals surface area contributed by atoms with E-state index in [4.69, 9.17) is 10.8 Å². The first kappa shape index (κ1) is 26.6.